The van der Waals surface area contributed by atoms with Gasteiger partial charge in [-0.2, -0.15) is 0 Å². The third kappa shape index (κ3) is 2.02. The van der Waals surface area contributed by atoms with Crippen LogP contribution in [0.5, 0.6) is 0 Å². The molecule has 1 heterocycles. The van der Waals surface area contributed by atoms with Crippen LogP contribution in [0.4, 0.5) is 0 Å². The number of aromatic nitrogens is 1. The van der Waals surface area contributed by atoms with Crippen molar-refractivity contribution in [3.05, 3.63) is 29.3 Å². The highest BCUT2D eigenvalue weighted by Gasteiger charge is 2.12. The van der Waals surface area contributed by atoms with Crippen LogP contribution in [0.25, 0.3) is 10.2 Å². The van der Waals surface area contributed by atoms with E-state index in [0.29, 0.717) is 6.54 Å². The average Bonchev–Trinajstić information content (AvgIpc) is 2.65. The van der Waals surface area contributed by atoms with Gasteiger partial charge in [-0.05, 0) is 31.8 Å². The summed E-state index contributed by atoms with van der Waals surface area (Å²) in [5, 5.41) is 0. The Kier molecular flexibility index (Phi) is 3.00. The molecular weight excluding hydrogens is 206 g/mol. The number of thiazole rings is 1. The molecule has 1 unspecified atom stereocenters. The van der Waals surface area contributed by atoms with Crippen molar-refractivity contribution < 1.29 is 0 Å². The number of hydrogen-bond donors (Lipinski definition) is 1. The van der Waals surface area contributed by atoms with E-state index in [2.05, 4.69) is 28.1 Å². The molecule has 3 nitrogen and oxygen atoms in total. The minimum absolute atomic E-state index is 0.274. The molecule has 0 aliphatic carbocycles. The standard InChI is InChI=1S/C11H15N3S/c1-14(2)10(6-12)8-3-4-11-9(5-8)13-7-15-11/h3-5,7,10H,6,12H2,1-2H3. The number of hydrogen-bond acceptors (Lipinski definition) is 4. The van der Waals surface area contributed by atoms with Crippen LogP contribution in [0, 0.1) is 0 Å². The molecule has 0 saturated carbocycles. The van der Waals surface area contributed by atoms with E-state index in [1.54, 1.807) is 11.3 Å². The van der Waals surface area contributed by atoms with Crippen LogP contribution < -0.4 is 5.73 Å². The van der Waals surface area contributed by atoms with E-state index in [4.69, 9.17) is 5.73 Å². The van der Waals surface area contributed by atoms with E-state index in [-0.39, 0.29) is 6.04 Å². The van der Waals surface area contributed by atoms with Gasteiger partial charge in [-0.15, -0.1) is 11.3 Å². The van der Waals surface area contributed by atoms with Gasteiger partial charge in [0.25, 0.3) is 0 Å². The molecule has 0 aliphatic rings. The predicted molar refractivity (Wildman–Crippen MR) is 65.1 cm³/mol. The number of nitrogens with two attached hydrogens (primary N) is 1. The van der Waals surface area contributed by atoms with E-state index in [9.17, 15) is 0 Å². The van der Waals surface area contributed by atoms with Gasteiger partial charge in [-0.1, -0.05) is 6.07 Å². The quantitative estimate of drug-likeness (QED) is 0.860. The highest BCUT2D eigenvalue weighted by molar-refractivity contribution is 7.16. The molecule has 15 heavy (non-hydrogen) atoms. The van der Waals surface area contributed by atoms with Gasteiger partial charge in [-0.25, -0.2) is 4.98 Å². The fraction of sp³-hybridized carbons (Fsp3) is 0.364. The Balaban J connectivity index is 2.41. The van der Waals surface area contributed by atoms with Gasteiger partial charge in [0, 0.05) is 12.6 Å². The molecule has 0 spiro atoms. The zero-order valence-corrected chi connectivity index (χ0v) is 9.79. The molecule has 80 valence electrons. The summed E-state index contributed by atoms with van der Waals surface area (Å²) in [6, 6.07) is 6.66. The Hall–Kier alpha value is -0.970. The Morgan fingerprint density at radius 1 is 1.47 bits per heavy atom. The van der Waals surface area contributed by atoms with E-state index in [1.807, 2.05) is 19.6 Å². The fourth-order valence-corrected chi connectivity index (χ4v) is 2.39. The molecule has 4 heteroatoms. The lowest BCUT2D eigenvalue weighted by molar-refractivity contribution is 0.306. The first-order valence-electron chi connectivity index (χ1n) is 4.92. The van der Waals surface area contributed by atoms with Crippen molar-refractivity contribution in [2.45, 2.75) is 6.04 Å². The van der Waals surface area contributed by atoms with E-state index in [0.717, 1.165) is 5.52 Å². The maximum Gasteiger partial charge on any atom is 0.0815 e. The molecule has 2 aromatic rings. The van der Waals surface area contributed by atoms with E-state index >= 15 is 0 Å². The highest BCUT2D eigenvalue weighted by Crippen LogP contribution is 2.23. The van der Waals surface area contributed by atoms with Crippen LogP contribution in [-0.2, 0) is 0 Å². The summed E-state index contributed by atoms with van der Waals surface area (Å²) in [6.45, 7) is 0.628. The largest absolute Gasteiger partial charge is 0.329 e. The zero-order chi connectivity index (χ0) is 10.8. The third-order valence-electron chi connectivity index (χ3n) is 2.59. The third-order valence-corrected chi connectivity index (χ3v) is 3.40. The van der Waals surface area contributed by atoms with Crippen molar-refractivity contribution in [2.75, 3.05) is 20.6 Å². The molecule has 2 N–H and O–H groups in total. The Bertz CT molecular complexity index is 450. The van der Waals surface area contributed by atoms with Crippen LogP contribution in [0.3, 0.4) is 0 Å². The Morgan fingerprint density at radius 2 is 2.27 bits per heavy atom. The van der Waals surface area contributed by atoms with Crippen molar-refractivity contribution in [1.82, 2.24) is 9.88 Å². The first-order valence-corrected chi connectivity index (χ1v) is 5.80. The summed E-state index contributed by atoms with van der Waals surface area (Å²) in [5.74, 6) is 0. The van der Waals surface area contributed by atoms with E-state index < -0.39 is 0 Å². The summed E-state index contributed by atoms with van der Waals surface area (Å²) in [6.07, 6.45) is 0. The molecule has 0 aliphatic heterocycles. The topological polar surface area (TPSA) is 42.1 Å². The van der Waals surface area contributed by atoms with Gasteiger partial charge in [-0.3, -0.25) is 0 Å². The summed E-state index contributed by atoms with van der Waals surface area (Å²) < 4.78 is 1.23. The Labute approximate surface area is 93.5 Å². The smallest absolute Gasteiger partial charge is 0.0815 e. The molecule has 0 bridgehead atoms. The number of nitrogens with zero attached hydrogens (tertiary/aromatic N) is 2. The fourth-order valence-electron chi connectivity index (χ4n) is 1.73. The van der Waals surface area contributed by atoms with Gasteiger partial charge in [0.15, 0.2) is 0 Å². The lowest BCUT2D eigenvalue weighted by Gasteiger charge is -2.22. The molecule has 1 atom stereocenters. The SMILES string of the molecule is CN(C)C(CN)c1ccc2scnc2c1. The second kappa shape index (κ2) is 4.26. The predicted octanol–water partition coefficient (Wildman–Crippen LogP) is 1.86. The van der Waals surface area contributed by atoms with E-state index in [1.165, 1.54) is 10.3 Å². The van der Waals surface area contributed by atoms with Crippen molar-refractivity contribution >= 4 is 21.6 Å². The van der Waals surface area contributed by atoms with Gasteiger partial charge >= 0.3 is 0 Å². The molecule has 0 saturated heterocycles. The molecule has 1 aromatic carbocycles. The maximum atomic E-state index is 5.77. The van der Waals surface area contributed by atoms with Crippen LogP contribution in [0.15, 0.2) is 23.7 Å². The second-order valence-electron chi connectivity index (χ2n) is 3.79. The van der Waals surface area contributed by atoms with Crippen LogP contribution in [0.1, 0.15) is 11.6 Å². The molecule has 0 radical (unpaired) electrons. The summed E-state index contributed by atoms with van der Waals surface area (Å²) in [7, 11) is 4.09. The van der Waals surface area contributed by atoms with Crippen molar-refractivity contribution in [3.8, 4) is 0 Å². The van der Waals surface area contributed by atoms with Gasteiger partial charge in [0.2, 0.25) is 0 Å². The second-order valence-corrected chi connectivity index (χ2v) is 4.68. The normalized spacial score (nSPS) is 13.6. The lowest BCUT2D eigenvalue weighted by atomic mass is 10.1. The molecule has 1 aromatic heterocycles. The van der Waals surface area contributed by atoms with Crippen LogP contribution >= 0.6 is 11.3 Å². The highest BCUT2D eigenvalue weighted by atomic mass is 32.1. The lowest BCUT2D eigenvalue weighted by Crippen LogP contribution is -2.27. The number of rotatable bonds is 3. The first kappa shape index (κ1) is 10.5. The number of fused-ring (bicyclic) bond motifs is 1. The first-order chi connectivity index (χ1) is 7.22. The molecular formula is C11H15N3S. The average molecular weight is 221 g/mol. The van der Waals surface area contributed by atoms with Crippen LogP contribution in [-0.4, -0.2) is 30.5 Å². The van der Waals surface area contributed by atoms with Gasteiger partial charge in [0.05, 0.1) is 15.7 Å². The monoisotopic (exact) mass is 221 g/mol. The van der Waals surface area contributed by atoms with Gasteiger partial charge in [0.1, 0.15) is 0 Å². The van der Waals surface area contributed by atoms with Crippen molar-refractivity contribution in [2.24, 2.45) is 5.73 Å². The molecule has 0 amide bonds. The van der Waals surface area contributed by atoms with Crippen molar-refractivity contribution in [3.63, 3.8) is 0 Å². The van der Waals surface area contributed by atoms with Crippen molar-refractivity contribution in [1.29, 1.82) is 0 Å². The van der Waals surface area contributed by atoms with Gasteiger partial charge < -0.3 is 10.6 Å². The summed E-state index contributed by atoms with van der Waals surface area (Å²) >= 11 is 1.67. The minimum atomic E-state index is 0.274. The zero-order valence-electron chi connectivity index (χ0n) is 8.97. The number of benzene rings is 1. The minimum Gasteiger partial charge on any atom is -0.329 e. The Morgan fingerprint density at radius 3 is 2.93 bits per heavy atom. The summed E-state index contributed by atoms with van der Waals surface area (Å²) in [4.78, 5) is 6.45. The number of likely N-dealkylation sites (N-methyl/N-ethyl adjacent to an activating group) is 1. The molecule has 0 fully saturated rings. The van der Waals surface area contributed by atoms with Crippen LogP contribution in [0.2, 0.25) is 0 Å². The molecule has 2 rings (SSSR count). The summed E-state index contributed by atoms with van der Waals surface area (Å²) in [5.41, 5.74) is 9.95. The maximum absolute atomic E-state index is 5.77.